The number of benzene rings is 1. The van der Waals surface area contributed by atoms with Crippen LogP contribution >= 0.6 is 11.3 Å². The molecule has 1 aliphatic heterocycles. The van der Waals surface area contributed by atoms with Gasteiger partial charge in [0.2, 0.25) is 5.88 Å². The Morgan fingerprint density at radius 3 is 2.68 bits per heavy atom. The normalized spacial score (nSPS) is 16.5. The van der Waals surface area contributed by atoms with Gasteiger partial charge in [0.05, 0.1) is 16.2 Å². The number of hydrogen-bond donors (Lipinski definition) is 1. The monoisotopic (exact) mass is 351 g/mol. The zero-order chi connectivity index (χ0) is 17.7. The standard InChI is InChI=1S/C19H14FN3OS/c1-9-7-10(2)23-19-14(9)16-17(25-19)15(13(8-21)18(22)24-16)11-3-5-12(20)6-4-11/h3-7,15H,22H2,1-2H3/t15-/m0/s1. The summed E-state index contributed by atoms with van der Waals surface area (Å²) in [6, 6.07) is 10.3. The molecule has 3 heterocycles. The number of pyridine rings is 1. The van der Waals surface area contributed by atoms with Gasteiger partial charge in [-0.2, -0.15) is 5.26 Å². The molecule has 0 bridgehead atoms. The van der Waals surface area contributed by atoms with Crippen LogP contribution in [0.25, 0.3) is 10.2 Å². The molecule has 0 spiro atoms. The number of nitriles is 1. The smallest absolute Gasteiger partial charge is 0.205 e. The Bertz CT molecular complexity index is 1080. The third kappa shape index (κ3) is 2.36. The maximum atomic E-state index is 13.3. The highest BCUT2D eigenvalue weighted by molar-refractivity contribution is 7.19. The Labute approximate surface area is 148 Å². The topological polar surface area (TPSA) is 71.9 Å². The molecule has 1 atom stereocenters. The predicted octanol–water partition coefficient (Wildman–Crippen LogP) is 4.27. The minimum atomic E-state index is -0.381. The highest BCUT2D eigenvalue weighted by Gasteiger charge is 2.34. The van der Waals surface area contributed by atoms with E-state index in [0.29, 0.717) is 11.3 Å². The van der Waals surface area contributed by atoms with Crippen molar-refractivity contribution in [3.8, 4) is 11.8 Å². The van der Waals surface area contributed by atoms with Crippen LogP contribution in [0.1, 0.15) is 27.6 Å². The molecule has 1 aliphatic rings. The molecule has 0 unspecified atom stereocenters. The third-order valence-corrected chi connectivity index (χ3v) is 5.45. The van der Waals surface area contributed by atoms with Crippen molar-refractivity contribution in [3.63, 3.8) is 0 Å². The molecule has 25 heavy (non-hydrogen) atoms. The Morgan fingerprint density at radius 1 is 1.28 bits per heavy atom. The number of rotatable bonds is 1. The number of ether oxygens (including phenoxy) is 1. The summed E-state index contributed by atoms with van der Waals surface area (Å²) in [6.45, 7) is 3.94. The SMILES string of the molecule is Cc1cc(C)c2c3c(sc2n1)[C@@H](c1ccc(F)cc1)C(C#N)=C(N)O3. The molecule has 4 rings (SSSR count). The average Bonchev–Trinajstić information content (AvgIpc) is 2.92. The lowest BCUT2D eigenvalue weighted by atomic mass is 9.88. The van der Waals surface area contributed by atoms with Crippen molar-refractivity contribution < 1.29 is 9.13 Å². The van der Waals surface area contributed by atoms with Gasteiger partial charge in [0.15, 0.2) is 5.75 Å². The van der Waals surface area contributed by atoms with Crippen molar-refractivity contribution in [2.24, 2.45) is 5.73 Å². The van der Waals surface area contributed by atoms with E-state index >= 15 is 0 Å². The van der Waals surface area contributed by atoms with Crippen molar-refractivity contribution in [2.45, 2.75) is 19.8 Å². The summed E-state index contributed by atoms with van der Waals surface area (Å²) in [5.41, 5.74) is 9.14. The molecule has 2 aromatic heterocycles. The van der Waals surface area contributed by atoms with Crippen LogP contribution in [-0.4, -0.2) is 4.98 Å². The second-order valence-electron chi connectivity index (χ2n) is 6.03. The van der Waals surface area contributed by atoms with Gasteiger partial charge >= 0.3 is 0 Å². The molecule has 0 fully saturated rings. The highest BCUT2D eigenvalue weighted by Crippen LogP contribution is 2.50. The average molecular weight is 351 g/mol. The summed E-state index contributed by atoms with van der Waals surface area (Å²) in [7, 11) is 0. The summed E-state index contributed by atoms with van der Waals surface area (Å²) >= 11 is 1.49. The van der Waals surface area contributed by atoms with E-state index in [0.717, 1.165) is 31.9 Å². The van der Waals surface area contributed by atoms with Gasteiger partial charge in [0.25, 0.3) is 0 Å². The molecular weight excluding hydrogens is 337 g/mol. The fraction of sp³-hybridized carbons (Fsp3) is 0.158. The van der Waals surface area contributed by atoms with Crippen LogP contribution in [0.5, 0.6) is 5.75 Å². The molecular formula is C19H14FN3OS. The van der Waals surface area contributed by atoms with Gasteiger partial charge in [0.1, 0.15) is 22.3 Å². The second-order valence-corrected chi connectivity index (χ2v) is 7.06. The number of aromatic nitrogens is 1. The van der Waals surface area contributed by atoms with E-state index in [1.54, 1.807) is 12.1 Å². The first-order chi connectivity index (χ1) is 12.0. The zero-order valence-electron chi connectivity index (χ0n) is 13.6. The molecule has 1 aromatic carbocycles. The van der Waals surface area contributed by atoms with Gasteiger partial charge in [-0.25, -0.2) is 9.37 Å². The van der Waals surface area contributed by atoms with E-state index in [1.807, 2.05) is 19.9 Å². The fourth-order valence-corrected chi connectivity index (χ4v) is 4.61. The molecule has 0 radical (unpaired) electrons. The number of halogens is 1. The maximum absolute atomic E-state index is 13.3. The van der Waals surface area contributed by atoms with E-state index in [4.69, 9.17) is 10.5 Å². The molecule has 0 amide bonds. The van der Waals surface area contributed by atoms with Crippen molar-refractivity contribution in [2.75, 3.05) is 0 Å². The first kappa shape index (κ1) is 15.6. The van der Waals surface area contributed by atoms with Gasteiger partial charge in [-0.3, -0.25) is 0 Å². The molecule has 0 aliphatic carbocycles. The molecule has 2 N–H and O–H groups in total. The maximum Gasteiger partial charge on any atom is 0.205 e. The van der Waals surface area contributed by atoms with E-state index in [-0.39, 0.29) is 17.6 Å². The summed E-state index contributed by atoms with van der Waals surface area (Å²) in [6.07, 6.45) is 0. The van der Waals surface area contributed by atoms with Crippen LogP contribution < -0.4 is 10.5 Å². The molecule has 0 saturated heterocycles. The second kappa shape index (κ2) is 5.57. The lowest BCUT2D eigenvalue weighted by Crippen LogP contribution is -2.19. The van der Waals surface area contributed by atoms with Crippen molar-refractivity contribution in [3.05, 3.63) is 69.3 Å². The lowest BCUT2D eigenvalue weighted by Gasteiger charge is -2.23. The van der Waals surface area contributed by atoms with E-state index in [9.17, 15) is 9.65 Å². The number of hydrogen-bond acceptors (Lipinski definition) is 5. The first-order valence-electron chi connectivity index (χ1n) is 7.73. The number of aryl methyl sites for hydroxylation is 2. The molecule has 0 saturated carbocycles. The van der Waals surface area contributed by atoms with E-state index in [1.165, 1.54) is 23.5 Å². The highest BCUT2D eigenvalue weighted by atomic mass is 32.1. The quantitative estimate of drug-likeness (QED) is 0.711. The molecule has 124 valence electrons. The van der Waals surface area contributed by atoms with Crippen molar-refractivity contribution in [1.29, 1.82) is 5.26 Å². The van der Waals surface area contributed by atoms with Gasteiger partial charge < -0.3 is 10.5 Å². The van der Waals surface area contributed by atoms with Gasteiger partial charge in [-0.1, -0.05) is 12.1 Å². The van der Waals surface area contributed by atoms with Crippen LogP contribution in [0.2, 0.25) is 0 Å². The van der Waals surface area contributed by atoms with Crippen LogP contribution in [0.15, 0.2) is 41.8 Å². The lowest BCUT2D eigenvalue weighted by molar-refractivity contribution is 0.401. The summed E-state index contributed by atoms with van der Waals surface area (Å²) < 4.78 is 19.2. The zero-order valence-corrected chi connectivity index (χ0v) is 14.4. The Hall–Kier alpha value is -2.91. The molecule has 4 nitrogen and oxygen atoms in total. The number of thiophene rings is 1. The Kier molecular flexibility index (Phi) is 3.48. The van der Waals surface area contributed by atoms with Crippen LogP contribution in [-0.2, 0) is 0 Å². The first-order valence-corrected chi connectivity index (χ1v) is 8.55. The number of nitrogens with two attached hydrogens (primary N) is 1. The number of fused-ring (bicyclic) bond motifs is 3. The Balaban J connectivity index is 2.02. The van der Waals surface area contributed by atoms with Gasteiger partial charge in [0, 0.05) is 5.69 Å². The van der Waals surface area contributed by atoms with Gasteiger partial charge in [-0.05, 0) is 43.2 Å². The Morgan fingerprint density at radius 2 is 2.00 bits per heavy atom. The van der Waals surface area contributed by atoms with E-state index in [2.05, 4.69) is 11.1 Å². The predicted molar refractivity (Wildman–Crippen MR) is 94.8 cm³/mol. The summed E-state index contributed by atoms with van der Waals surface area (Å²) in [4.78, 5) is 6.31. The summed E-state index contributed by atoms with van der Waals surface area (Å²) in [5.74, 6) is 0.0315. The molecule has 3 aromatic rings. The fourth-order valence-electron chi connectivity index (χ4n) is 3.25. The summed E-state index contributed by atoms with van der Waals surface area (Å²) in [5, 5.41) is 10.5. The van der Waals surface area contributed by atoms with Crippen LogP contribution in [0.4, 0.5) is 4.39 Å². The van der Waals surface area contributed by atoms with Gasteiger partial charge in [-0.15, -0.1) is 11.3 Å². The minimum Gasteiger partial charge on any atom is -0.439 e. The number of allylic oxidation sites excluding steroid dienone is 1. The van der Waals surface area contributed by atoms with Crippen molar-refractivity contribution in [1.82, 2.24) is 4.98 Å². The largest absolute Gasteiger partial charge is 0.439 e. The van der Waals surface area contributed by atoms with Crippen molar-refractivity contribution >= 4 is 21.6 Å². The van der Waals surface area contributed by atoms with Crippen LogP contribution in [0.3, 0.4) is 0 Å². The molecule has 6 heteroatoms. The van der Waals surface area contributed by atoms with E-state index < -0.39 is 0 Å². The third-order valence-electron chi connectivity index (χ3n) is 4.32. The number of nitrogens with zero attached hydrogens (tertiary/aromatic N) is 2. The minimum absolute atomic E-state index is 0.0870. The van der Waals surface area contributed by atoms with Crippen LogP contribution in [0, 0.1) is 31.0 Å².